The standard InChI is InChI=1S/C17H22F2N6O3/c1-3-24-9-13(14(23-24)16(27)20-8-11-5-4-6-28-11)21-15(26)12-7-10(2)25(22-12)17(18)19/h7,9,11,17H,3-6,8H2,1-2H3,(H,20,27)(H,21,26). The summed E-state index contributed by atoms with van der Waals surface area (Å²) in [6, 6.07) is 1.25. The first kappa shape index (κ1) is 19.9. The minimum Gasteiger partial charge on any atom is -0.376 e. The van der Waals surface area contributed by atoms with Gasteiger partial charge in [-0.2, -0.15) is 19.0 Å². The van der Waals surface area contributed by atoms with E-state index in [-0.39, 0.29) is 28.9 Å². The molecule has 3 heterocycles. The van der Waals surface area contributed by atoms with Crippen LogP contribution in [-0.4, -0.2) is 50.6 Å². The molecular weight excluding hydrogens is 374 g/mol. The molecule has 2 N–H and O–H groups in total. The minimum absolute atomic E-state index is 0.0310. The molecule has 0 bridgehead atoms. The normalized spacial score (nSPS) is 16.5. The molecule has 2 aromatic rings. The lowest BCUT2D eigenvalue weighted by Gasteiger charge is -2.10. The van der Waals surface area contributed by atoms with Crippen molar-refractivity contribution in [2.24, 2.45) is 0 Å². The van der Waals surface area contributed by atoms with Gasteiger partial charge in [0.1, 0.15) is 0 Å². The fraction of sp³-hybridized carbons (Fsp3) is 0.529. The smallest absolute Gasteiger partial charge is 0.333 e. The summed E-state index contributed by atoms with van der Waals surface area (Å²) in [5.74, 6) is -1.15. The van der Waals surface area contributed by atoms with Gasteiger partial charge in [-0.3, -0.25) is 14.3 Å². The van der Waals surface area contributed by atoms with Crippen molar-refractivity contribution in [2.45, 2.75) is 45.9 Å². The van der Waals surface area contributed by atoms with Crippen LogP contribution >= 0.6 is 0 Å². The van der Waals surface area contributed by atoms with Gasteiger partial charge >= 0.3 is 6.55 Å². The van der Waals surface area contributed by atoms with Crippen molar-refractivity contribution in [3.63, 3.8) is 0 Å². The van der Waals surface area contributed by atoms with Gasteiger partial charge in [-0.25, -0.2) is 4.68 Å². The molecule has 1 unspecified atom stereocenters. The van der Waals surface area contributed by atoms with E-state index in [4.69, 9.17) is 4.74 Å². The highest BCUT2D eigenvalue weighted by atomic mass is 19.3. The first-order chi connectivity index (χ1) is 13.4. The summed E-state index contributed by atoms with van der Waals surface area (Å²) < 4.78 is 33.1. The Hall–Kier alpha value is -2.82. The van der Waals surface area contributed by atoms with Gasteiger partial charge in [0.2, 0.25) is 0 Å². The van der Waals surface area contributed by atoms with Gasteiger partial charge in [0.15, 0.2) is 11.4 Å². The van der Waals surface area contributed by atoms with Crippen LogP contribution in [0.4, 0.5) is 14.5 Å². The molecule has 1 aliphatic heterocycles. The molecule has 0 saturated carbocycles. The summed E-state index contributed by atoms with van der Waals surface area (Å²) in [5.41, 5.74) is 0.200. The topological polar surface area (TPSA) is 103 Å². The summed E-state index contributed by atoms with van der Waals surface area (Å²) in [5, 5.41) is 13.1. The van der Waals surface area contributed by atoms with Crippen LogP contribution in [0.3, 0.4) is 0 Å². The number of carbonyl (C=O) groups excluding carboxylic acids is 2. The van der Waals surface area contributed by atoms with E-state index in [1.807, 2.05) is 6.92 Å². The quantitative estimate of drug-likeness (QED) is 0.745. The summed E-state index contributed by atoms with van der Waals surface area (Å²) in [6.07, 6.45) is 3.31. The van der Waals surface area contributed by atoms with Crippen molar-refractivity contribution in [3.8, 4) is 0 Å². The van der Waals surface area contributed by atoms with E-state index >= 15 is 0 Å². The highest BCUT2D eigenvalue weighted by Crippen LogP contribution is 2.18. The van der Waals surface area contributed by atoms with Gasteiger partial charge in [0.25, 0.3) is 11.8 Å². The van der Waals surface area contributed by atoms with Gasteiger partial charge in [-0.15, -0.1) is 0 Å². The monoisotopic (exact) mass is 396 g/mol. The largest absolute Gasteiger partial charge is 0.376 e. The van der Waals surface area contributed by atoms with Gasteiger partial charge < -0.3 is 15.4 Å². The second-order valence-electron chi connectivity index (χ2n) is 6.44. The fourth-order valence-corrected chi connectivity index (χ4v) is 2.92. The third-order valence-electron chi connectivity index (χ3n) is 4.40. The Balaban J connectivity index is 1.73. The number of alkyl halides is 2. The summed E-state index contributed by atoms with van der Waals surface area (Å²) >= 11 is 0. The van der Waals surface area contributed by atoms with Crippen molar-refractivity contribution in [3.05, 3.63) is 29.3 Å². The van der Waals surface area contributed by atoms with Crippen LogP contribution < -0.4 is 10.6 Å². The maximum Gasteiger partial charge on any atom is 0.333 e. The predicted octanol–water partition coefficient (Wildman–Crippen LogP) is 1.96. The van der Waals surface area contributed by atoms with E-state index in [0.29, 0.717) is 24.4 Å². The average Bonchev–Trinajstić information content (AvgIpc) is 3.39. The van der Waals surface area contributed by atoms with E-state index in [2.05, 4.69) is 20.8 Å². The molecule has 1 saturated heterocycles. The van der Waals surface area contributed by atoms with Crippen molar-refractivity contribution < 1.29 is 23.1 Å². The summed E-state index contributed by atoms with van der Waals surface area (Å²) in [7, 11) is 0. The first-order valence-corrected chi connectivity index (χ1v) is 9.02. The Morgan fingerprint density at radius 2 is 2.14 bits per heavy atom. The number of aryl methyl sites for hydroxylation is 2. The van der Waals surface area contributed by atoms with Crippen LogP contribution in [0.25, 0.3) is 0 Å². The number of amides is 2. The number of hydrogen-bond donors (Lipinski definition) is 2. The van der Waals surface area contributed by atoms with Gasteiger partial charge in [0.05, 0.1) is 11.8 Å². The second-order valence-corrected chi connectivity index (χ2v) is 6.44. The van der Waals surface area contributed by atoms with E-state index < -0.39 is 18.4 Å². The number of halogens is 2. The molecule has 0 spiro atoms. The number of anilines is 1. The summed E-state index contributed by atoms with van der Waals surface area (Å²) in [4.78, 5) is 24.9. The van der Waals surface area contributed by atoms with Crippen molar-refractivity contribution >= 4 is 17.5 Å². The van der Waals surface area contributed by atoms with Gasteiger partial charge in [-0.1, -0.05) is 0 Å². The van der Waals surface area contributed by atoms with Gasteiger partial charge in [0, 0.05) is 31.6 Å². The van der Waals surface area contributed by atoms with Crippen LogP contribution in [0.5, 0.6) is 0 Å². The van der Waals surface area contributed by atoms with Crippen LogP contribution in [-0.2, 0) is 11.3 Å². The number of carbonyl (C=O) groups is 2. The molecule has 152 valence electrons. The maximum atomic E-state index is 12.9. The summed E-state index contributed by atoms with van der Waals surface area (Å²) in [6.45, 7) is 1.93. The molecule has 2 amide bonds. The highest BCUT2D eigenvalue weighted by Gasteiger charge is 2.23. The molecule has 2 aromatic heterocycles. The molecule has 1 aliphatic rings. The number of rotatable bonds is 7. The Labute approximate surface area is 160 Å². The molecular formula is C17H22F2N6O3. The van der Waals surface area contributed by atoms with Crippen molar-refractivity contribution in [1.29, 1.82) is 0 Å². The SMILES string of the molecule is CCn1cc(NC(=O)c2cc(C)n(C(F)F)n2)c(C(=O)NCC2CCCO2)n1. The Kier molecular flexibility index (Phi) is 6.02. The van der Waals surface area contributed by atoms with E-state index in [1.165, 1.54) is 23.9 Å². The van der Waals surface area contributed by atoms with E-state index in [9.17, 15) is 18.4 Å². The lowest BCUT2D eigenvalue weighted by atomic mass is 10.2. The Bertz CT molecular complexity index is 857. The molecule has 3 rings (SSSR count). The van der Waals surface area contributed by atoms with Crippen LogP contribution in [0.15, 0.2) is 12.3 Å². The lowest BCUT2D eigenvalue weighted by Crippen LogP contribution is -2.32. The molecule has 1 fully saturated rings. The predicted molar refractivity (Wildman–Crippen MR) is 95.4 cm³/mol. The first-order valence-electron chi connectivity index (χ1n) is 9.02. The zero-order valence-electron chi connectivity index (χ0n) is 15.6. The maximum absolute atomic E-state index is 12.9. The molecule has 1 atom stereocenters. The van der Waals surface area contributed by atoms with E-state index in [1.54, 1.807) is 0 Å². The molecule has 28 heavy (non-hydrogen) atoms. The third-order valence-corrected chi connectivity index (χ3v) is 4.40. The number of ether oxygens (including phenoxy) is 1. The van der Waals surface area contributed by atoms with Crippen LogP contribution in [0, 0.1) is 6.92 Å². The third kappa shape index (κ3) is 4.35. The Morgan fingerprint density at radius 3 is 2.75 bits per heavy atom. The molecule has 0 aliphatic carbocycles. The average molecular weight is 396 g/mol. The molecule has 0 aromatic carbocycles. The molecule has 0 radical (unpaired) electrons. The van der Waals surface area contributed by atoms with Crippen molar-refractivity contribution in [2.75, 3.05) is 18.5 Å². The molecule has 9 nitrogen and oxygen atoms in total. The van der Waals surface area contributed by atoms with Gasteiger partial charge in [-0.05, 0) is 32.8 Å². The molecule has 11 heteroatoms. The zero-order valence-corrected chi connectivity index (χ0v) is 15.6. The highest BCUT2D eigenvalue weighted by molar-refractivity contribution is 6.07. The zero-order chi connectivity index (χ0) is 20.3. The second kappa shape index (κ2) is 8.46. The van der Waals surface area contributed by atoms with Crippen LogP contribution in [0.2, 0.25) is 0 Å². The number of nitrogens with one attached hydrogen (secondary N) is 2. The minimum atomic E-state index is -2.84. The van der Waals surface area contributed by atoms with E-state index in [0.717, 1.165) is 12.8 Å². The fourth-order valence-electron chi connectivity index (χ4n) is 2.92. The number of hydrogen-bond acceptors (Lipinski definition) is 5. The van der Waals surface area contributed by atoms with Crippen LogP contribution in [0.1, 0.15) is 53.0 Å². The Morgan fingerprint density at radius 1 is 1.36 bits per heavy atom. The lowest BCUT2D eigenvalue weighted by molar-refractivity contribution is 0.0540. The number of aromatic nitrogens is 4. The number of nitrogens with zero attached hydrogens (tertiary/aromatic N) is 4. The van der Waals surface area contributed by atoms with Crippen molar-refractivity contribution in [1.82, 2.24) is 24.9 Å².